The maximum absolute atomic E-state index is 5.39. The highest BCUT2D eigenvalue weighted by molar-refractivity contribution is 5.95. The first-order valence-corrected chi connectivity index (χ1v) is 10.6. The van der Waals surface area contributed by atoms with Crippen molar-refractivity contribution in [2.75, 3.05) is 52.4 Å². The van der Waals surface area contributed by atoms with Gasteiger partial charge in [-0.3, -0.25) is 5.32 Å². The molecule has 1 fully saturated rings. The number of rotatable bonds is 9. The van der Waals surface area contributed by atoms with E-state index in [2.05, 4.69) is 58.1 Å². The zero-order valence-electron chi connectivity index (χ0n) is 18.0. The first kappa shape index (κ1) is 21.6. The van der Waals surface area contributed by atoms with Crippen molar-refractivity contribution >= 4 is 11.5 Å². The molecule has 1 unspecified atom stereocenters. The third-order valence-corrected chi connectivity index (χ3v) is 5.32. The minimum Gasteiger partial charge on any atom is -0.384 e. The van der Waals surface area contributed by atoms with Gasteiger partial charge >= 0.3 is 0 Å². The van der Waals surface area contributed by atoms with Gasteiger partial charge in [-0.05, 0) is 38.3 Å². The van der Waals surface area contributed by atoms with Gasteiger partial charge in [0, 0.05) is 52.0 Å². The molecule has 7 nitrogen and oxygen atoms in total. The molecule has 0 aromatic heterocycles. The largest absolute Gasteiger partial charge is 0.384 e. The SMILES string of the molecule is COCCNC1(CCOC)N=C(N2CCCCC2)C=C(Nc2ccc(C)cc2)N1. The lowest BCUT2D eigenvalue weighted by Gasteiger charge is -2.40. The Morgan fingerprint density at radius 3 is 2.48 bits per heavy atom. The van der Waals surface area contributed by atoms with E-state index in [9.17, 15) is 0 Å². The molecule has 160 valence electrons. The lowest BCUT2D eigenvalue weighted by Crippen LogP contribution is -2.60. The maximum Gasteiger partial charge on any atom is 0.190 e. The molecule has 7 heteroatoms. The number of anilines is 1. The lowest BCUT2D eigenvalue weighted by molar-refractivity contribution is 0.130. The van der Waals surface area contributed by atoms with Crippen LogP contribution in [0.1, 0.15) is 31.2 Å². The van der Waals surface area contributed by atoms with E-state index in [1.807, 2.05) is 0 Å². The van der Waals surface area contributed by atoms with E-state index in [1.54, 1.807) is 14.2 Å². The first-order chi connectivity index (χ1) is 14.1. The number of benzene rings is 1. The quantitative estimate of drug-likeness (QED) is 0.553. The fourth-order valence-corrected chi connectivity index (χ4v) is 3.69. The number of likely N-dealkylation sites (tertiary alicyclic amines) is 1. The Bertz CT molecular complexity index is 698. The third-order valence-electron chi connectivity index (χ3n) is 5.32. The highest BCUT2D eigenvalue weighted by atomic mass is 16.5. The Hall–Kier alpha value is -2.09. The van der Waals surface area contributed by atoms with Gasteiger partial charge in [0.25, 0.3) is 0 Å². The second kappa shape index (κ2) is 10.6. The van der Waals surface area contributed by atoms with Crippen molar-refractivity contribution in [3.8, 4) is 0 Å². The normalized spacial score (nSPS) is 22.0. The average Bonchev–Trinajstić information content (AvgIpc) is 2.75. The van der Waals surface area contributed by atoms with E-state index in [-0.39, 0.29) is 0 Å². The summed E-state index contributed by atoms with van der Waals surface area (Å²) in [7, 11) is 3.44. The number of nitrogens with zero attached hydrogens (tertiary/aromatic N) is 2. The number of amidine groups is 1. The number of ether oxygens (including phenoxy) is 2. The van der Waals surface area contributed by atoms with E-state index >= 15 is 0 Å². The molecule has 2 aliphatic rings. The fraction of sp³-hybridized carbons (Fsp3) is 0.591. The molecule has 1 aromatic rings. The van der Waals surface area contributed by atoms with Crippen LogP contribution in [0.4, 0.5) is 5.69 Å². The summed E-state index contributed by atoms with van der Waals surface area (Å²) in [6.07, 6.45) is 6.54. The van der Waals surface area contributed by atoms with Crippen LogP contribution in [0, 0.1) is 6.92 Å². The highest BCUT2D eigenvalue weighted by Gasteiger charge is 2.34. The van der Waals surface area contributed by atoms with Crippen molar-refractivity contribution in [1.29, 1.82) is 0 Å². The molecule has 0 bridgehead atoms. The van der Waals surface area contributed by atoms with Crippen molar-refractivity contribution in [2.45, 2.75) is 38.4 Å². The van der Waals surface area contributed by atoms with Gasteiger partial charge in [0.1, 0.15) is 11.7 Å². The van der Waals surface area contributed by atoms with Gasteiger partial charge in [0.05, 0.1) is 13.2 Å². The average molecular weight is 402 g/mol. The van der Waals surface area contributed by atoms with Gasteiger partial charge in [0.2, 0.25) is 0 Å². The van der Waals surface area contributed by atoms with Crippen molar-refractivity contribution in [2.24, 2.45) is 4.99 Å². The van der Waals surface area contributed by atoms with E-state index in [0.29, 0.717) is 26.2 Å². The monoisotopic (exact) mass is 401 g/mol. The Labute approximate surface area is 174 Å². The van der Waals surface area contributed by atoms with E-state index < -0.39 is 5.79 Å². The van der Waals surface area contributed by atoms with Crippen LogP contribution in [0.25, 0.3) is 0 Å². The molecule has 0 radical (unpaired) electrons. The molecule has 3 rings (SSSR count). The van der Waals surface area contributed by atoms with E-state index in [4.69, 9.17) is 14.5 Å². The summed E-state index contributed by atoms with van der Waals surface area (Å²) in [5.74, 6) is 1.31. The number of nitrogens with one attached hydrogen (secondary N) is 3. The zero-order chi connectivity index (χ0) is 20.5. The summed E-state index contributed by atoms with van der Waals surface area (Å²) < 4.78 is 10.6. The molecule has 2 aliphatic heterocycles. The summed E-state index contributed by atoms with van der Waals surface area (Å²) in [6, 6.07) is 8.42. The molecular weight excluding hydrogens is 366 g/mol. The second-order valence-electron chi connectivity index (χ2n) is 7.71. The standard InChI is InChI=1S/C22H35N5O2/c1-18-7-9-19(10-8-18)24-20-17-21(27-13-5-4-6-14-27)26-22(25-20,11-15-28-2)23-12-16-29-3/h7-10,17,23-25H,4-6,11-16H2,1-3H3. The van der Waals surface area contributed by atoms with Crippen LogP contribution in [0.15, 0.2) is 41.2 Å². The van der Waals surface area contributed by atoms with Gasteiger partial charge in [-0.1, -0.05) is 17.7 Å². The van der Waals surface area contributed by atoms with Gasteiger partial charge in [-0.25, -0.2) is 4.99 Å². The molecule has 0 spiro atoms. The second-order valence-corrected chi connectivity index (χ2v) is 7.71. The van der Waals surface area contributed by atoms with Gasteiger partial charge in [-0.15, -0.1) is 0 Å². The summed E-state index contributed by atoms with van der Waals surface area (Å²) in [4.78, 5) is 7.51. The number of hydrogen-bond donors (Lipinski definition) is 3. The Balaban J connectivity index is 1.86. The number of hydrogen-bond acceptors (Lipinski definition) is 7. The van der Waals surface area contributed by atoms with Crippen LogP contribution in [0.2, 0.25) is 0 Å². The van der Waals surface area contributed by atoms with Gasteiger partial charge in [0.15, 0.2) is 5.79 Å². The molecule has 1 atom stereocenters. The molecule has 0 saturated carbocycles. The van der Waals surface area contributed by atoms with E-state index in [1.165, 1.54) is 24.8 Å². The van der Waals surface area contributed by atoms with Gasteiger partial charge in [-0.2, -0.15) is 0 Å². The summed E-state index contributed by atoms with van der Waals surface area (Å²) in [5, 5.41) is 10.7. The van der Waals surface area contributed by atoms with Crippen LogP contribution < -0.4 is 16.0 Å². The highest BCUT2D eigenvalue weighted by Crippen LogP contribution is 2.22. The minimum atomic E-state index is -0.636. The van der Waals surface area contributed by atoms with Crippen LogP contribution >= 0.6 is 0 Å². The number of piperidine rings is 1. The lowest BCUT2D eigenvalue weighted by atomic mass is 10.1. The maximum atomic E-state index is 5.39. The Kier molecular flexibility index (Phi) is 7.91. The third kappa shape index (κ3) is 6.19. The summed E-state index contributed by atoms with van der Waals surface area (Å²) in [5.41, 5.74) is 2.29. The van der Waals surface area contributed by atoms with E-state index in [0.717, 1.165) is 30.4 Å². The molecule has 29 heavy (non-hydrogen) atoms. The molecular formula is C22H35N5O2. The first-order valence-electron chi connectivity index (χ1n) is 10.6. The van der Waals surface area contributed by atoms with Crippen LogP contribution in [0.3, 0.4) is 0 Å². The van der Waals surface area contributed by atoms with Crippen LogP contribution in [0.5, 0.6) is 0 Å². The minimum absolute atomic E-state index is 0.599. The molecule has 2 heterocycles. The predicted octanol–water partition coefficient (Wildman–Crippen LogP) is 2.66. The summed E-state index contributed by atoms with van der Waals surface area (Å²) >= 11 is 0. The molecule has 0 amide bonds. The number of aliphatic imine (C=N–C) groups is 1. The molecule has 0 aliphatic carbocycles. The molecule has 1 aromatic carbocycles. The van der Waals surface area contributed by atoms with Gasteiger partial charge < -0.3 is 25.0 Å². The fourth-order valence-electron chi connectivity index (χ4n) is 3.69. The predicted molar refractivity (Wildman–Crippen MR) is 118 cm³/mol. The van der Waals surface area contributed by atoms with Crippen molar-refractivity contribution in [3.63, 3.8) is 0 Å². The zero-order valence-corrected chi connectivity index (χ0v) is 18.0. The topological polar surface area (TPSA) is 70.1 Å². The summed E-state index contributed by atoms with van der Waals surface area (Å²) in [6.45, 7) is 6.11. The Morgan fingerprint density at radius 1 is 1.07 bits per heavy atom. The van der Waals surface area contributed by atoms with Crippen LogP contribution in [-0.2, 0) is 9.47 Å². The van der Waals surface area contributed by atoms with Crippen molar-refractivity contribution < 1.29 is 9.47 Å². The smallest absolute Gasteiger partial charge is 0.190 e. The molecule has 3 N–H and O–H groups in total. The Morgan fingerprint density at radius 2 is 1.79 bits per heavy atom. The van der Waals surface area contributed by atoms with Crippen LogP contribution in [-0.4, -0.2) is 63.6 Å². The van der Waals surface area contributed by atoms with Crippen molar-refractivity contribution in [1.82, 2.24) is 15.5 Å². The number of aryl methyl sites for hydroxylation is 1. The van der Waals surface area contributed by atoms with Crippen molar-refractivity contribution in [3.05, 3.63) is 41.7 Å². The number of methoxy groups -OCH3 is 2. The molecule has 1 saturated heterocycles.